The Morgan fingerprint density at radius 3 is 2.12 bits per heavy atom. The maximum Gasteiger partial charge on any atom is 0.0894 e. The lowest BCUT2D eigenvalue weighted by Gasteiger charge is -2.54. The molecule has 0 aliphatic heterocycles. The fraction of sp³-hybridized carbons (Fsp3) is 0.500. The Morgan fingerprint density at radius 2 is 1.48 bits per heavy atom. The number of hydrogen-bond acceptors (Lipinski definition) is 3. The molecule has 0 amide bonds. The summed E-state index contributed by atoms with van der Waals surface area (Å²) < 4.78 is 0. The molecule has 4 aliphatic rings. The predicted octanol–water partition coefficient (Wildman–Crippen LogP) is 4.84. The van der Waals surface area contributed by atoms with Crippen LogP contribution in [0.1, 0.15) is 49.9 Å². The first-order valence-corrected chi connectivity index (χ1v) is 9.64. The zero-order chi connectivity index (χ0) is 16.9. The second-order valence-electron chi connectivity index (χ2n) is 8.51. The number of aliphatic imine (C=N–C) groups is 1. The van der Waals surface area contributed by atoms with Crippen LogP contribution in [-0.4, -0.2) is 21.7 Å². The van der Waals surface area contributed by atoms with Crippen molar-refractivity contribution in [2.75, 3.05) is 0 Å². The van der Waals surface area contributed by atoms with E-state index in [1.807, 2.05) is 37.4 Å². The molecule has 128 valence electrons. The summed E-state index contributed by atoms with van der Waals surface area (Å²) in [6.07, 6.45) is 10.3. The number of pyridine rings is 2. The van der Waals surface area contributed by atoms with Crippen molar-refractivity contribution in [3.8, 4) is 11.4 Å². The Morgan fingerprint density at radius 1 is 0.880 bits per heavy atom. The monoisotopic (exact) mass is 331 g/mol. The minimum absolute atomic E-state index is 0.216. The Bertz CT molecular complexity index is 788. The van der Waals surface area contributed by atoms with Crippen LogP contribution in [0.3, 0.4) is 0 Å². The van der Waals surface area contributed by atoms with Crippen molar-refractivity contribution in [3.63, 3.8) is 0 Å². The molecule has 0 radical (unpaired) electrons. The first-order valence-electron chi connectivity index (χ1n) is 9.64. The molecule has 0 spiro atoms. The summed E-state index contributed by atoms with van der Waals surface area (Å²) in [6.45, 7) is 2.02. The Labute approximate surface area is 149 Å². The number of rotatable bonds is 3. The van der Waals surface area contributed by atoms with Crippen LogP contribution in [0.4, 0.5) is 0 Å². The molecular weight excluding hydrogens is 306 g/mol. The van der Waals surface area contributed by atoms with Gasteiger partial charge < -0.3 is 0 Å². The topological polar surface area (TPSA) is 38.1 Å². The zero-order valence-corrected chi connectivity index (χ0v) is 14.9. The Kier molecular flexibility index (Phi) is 3.51. The van der Waals surface area contributed by atoms with E-state index in [9.17, 15) is 0 Å². The number of aryl methyl sites for hydroxylation is 1. The average Bonchev–Trinajstić information content (AvgIpc) is 2.59. The highest BCUT2D eigenvalue weighted by Gasteiger charge is 2.50. The normalized spacial score (nSPS) is 33.2. The van der Waals surface area contributed by atoms with Crippen molar-refractivity contribution >= 4 is 6.21 Å². The Balaban J connectivity index is 1.41. The van der Waals surface area contributed by atoms with Crippen LogP contribution in [0.15, 0.2) is 41.4 Å². The molecule has 4 fully saturated rings. The fourth-order valence-electron chi connectivity index (χ4n) is 5.78. The highest BCUT2D eigenvalue weighted by Crippen LogP contribution is 2.57. The second kappa shape index (κ2) is 5.76. The smallest absolute Gasteiger partial charge is 0.0894 e. The van der Waals surface area contributed by atoms with Crippen LogP contribution in [0, 0.1) is 24.7 Å². The van der Waals surface area contributed by atoms with Crippen molar-refractivity contribution in [3.05, 3.63) is 47.8 Å². The molecule has 0 atom stereocenters. The van der Waals surface area contributed by atoms with E-state index >= 15 is 0 Å². The summed E-state index contributed by atoms with van der Waals surface area (Å²) in [5.74, 6) is 2.79. The molecule has 4 bridgehead atoms. The van der Waals surface area contributed by atoms with Crippen molar-refractivity contribution in [1.29, 1.82) is 0 Å². The average molecular weight is 331 g/mol. The summed E-state index contributed by atoms with van der Waals surface area (Å²) in [4.78, 5) is 14.5. The van der Waals surface area contributed by atoms with E-state index in [4.69, 9.17) is 9.98 Å². The minimum Gasteiger partial charge on any atom is -0.284 e. The van der Waals surface area contributed by atoms with Gasteiger partial charge in [-0.2, -0.15) is 0 Å². The van der Waals surface area contributed by atoms with Gasteiger partial charge in [0.05, 0.1) is 22.6 Å². The fourth-order valence-corrected chi connectivity index (χ4v) is 5.78. The van der Waals surface area contributed by atoms with Crippen LogP contribution < -0.4 is 0 Å². The molecule has 2 heterocycles. The van der Waals surface area contributed by atoms with E-state index < -0.39 is 0 Å². The van der Waals surface area contributed by atoms with Crippen LogP contribution in [0.25, 0.3) is 11.4 Å². The van der Waals surface area contributed by atoms with Gasteiger partial charge in [-0.25, -0.2) is 4.98 Å². The molecule has 3 nitrogen and oxygen atoms in total. The molecule has 0 saturated heterocycles. The van der Waals surface area contributed by atoms with E-state index in [1.165, 1.54) is 38.5 Å². The maximum absolute atomic E-state index is 5.13. The third-order valence-corrected chi connectivity index (χ3v) is 6.40. The third kappa shape index (κ3) is 2.90. The lowest BCUT2D eigenvalue weighted by molar-refractivity contribution is 0.00194. The number of hydrogen-bond donors (Lipinski definition) is 0. The van der Waals surface area contributed by atoms with Gasteiger partial charge in [0.2, 0.25) is 0 Å². The minimum atomic E-state index is 0.216. The van der Waals surface area contributed by atoms with Crippen molar-refractivity contribution in [2.24, 2.45) is 22.7 Å². The van der Waals surface area contributed by atoms with Gasteiger partial charge in [-0.1, -0.05) is 12.1 Å². The van der Waals surface area contributed by atoms with E-state index in [0.717, 1.165) is 40.5 Å². The van der Waals surface area contributed by atoms with E-state index in [0.29, 0.717) is 0 Å². The summed E-state index contributed by atoms with van der Waals surface area (Å²) in [5, 5.41) is 0. The SMILES string of the molecule is Cc1cccc(-c2cccc(C=NC34CC5CC(CC(C5)C3)C4)n2)n1. The molecule has 2 aromatic heterocycles. The molecule has 6 rings (SSSR count). The number of nitrogens with zero attached hydrogens (tertiary/aromatic N) is 3. The highest BCUT2D eigenvalue weighted by atomic mass is 14.9. The van der Waals surface area contributed by atoms with Gasteiger partial charge in [0.15, 0.2) is 0 Å². The van der Waals surface area contributed by atoms with Gasteiger partial charge in [0, 0.05) is 11.9 Å². The first-order chi connectivity index (χ1) is 12.2. The predicted molar refractivity (Wildman–Crippen MR) is 101 cm³/mol. The quantitative estimate of drug-likeness (QED) is 0.755. The molecule has 0 unspecified atom stereocenters. The highest BCUT2D eigenvalue weighted by molar-refractivity contribution is 5.78. The van der Waals surface area contributed by atoms with Crippen molar-refractivity contribution in [2.45, 2.75) is 51.0 Å². The van der Waals surface area contributed by atoms with E-state index in [1.54, 1.807) is 0 Å². The molecule has 2 aromatic rings. The summed E-state index contributed by atoms with van der Waals surface area (Å²) in [6, 6.07) is 12.2. The van der Waals surface area contributed by atoms with Gasteiger partial charge in [0.25, 0.3) is 0 Å². The van der Waals surface area contributed by atoms with Gasteiger partial charge in [-0.05, 0) is 87.5 Å². The summed E-state index contributed by atoms with van der Waals surface area (Å²) >= 11 is 0. The third-order valence-electron chi connectivity index (χ3n) is 6.40. The first kappa shape index (κ1) is 15.2. The molecule has 0 aromatic carbocycles. The molecular formula is C22H25N3. The lowest BCUT2D eigenvalue weighted by Crippen LogP contribution is -2.49. The molecule has 4 aliphatic carbocycles. The summed E-state index contributed by atoms with van der Waals surface area (Å²) in [5.41, 5.74) is 4.06. The van der Waals surface area contributed by atoms with Crippen LogP contribution in [0.5, 0.6) is 0 Å². The standard InChI is InChI=1S/C22H25N3/c1-15-4-2-6-20(24-15)21-7-3-5-19(25-21)14-23-22-11-16-8-17(12-22)10-18(9-16)13-22/h2-7,14,16-18H,8-13H2,1H3. The van der Waals surface area contributed by atoms with Crippen LogP contribution >= 0.6 is 0 Å². The van der Waals surface area contributed by atoms with E-state index in [2.05, 4.69) is 17.1 Å². The van der Waals surface area contributed by atoms with Gasteiger partial charge in [0.1, 0.15) is 0 Å². The number of aromatic nitrogens is 2. The Hall–Kier alpha value is -2.03. The lowest BCUT2D eigenvalue weighted by atomic mass is 9.53. The van der Waals surface area contributed by atoms with Gasteiger partial charge in [-0.15, -0.1) is 0 Å². The van der Waals surface area contributed by atoms with E-state index in [-0.39, 0.29) is 5.54 Å². The largest absolute Gasteiger partial charge is 0.284 e. The maximum atomic E-state index is 5.13. The molecule has 25 heavy (non-hydrogen) atoms. The molecule has 0 N–H and O–H groups in total. The second-order valence-corrected chi connectivity index (χ2v) is 8.51. The van der Waals surface area contributed by atoms with Gasteiger partial charge >= 0.3 is 0 Å². The van der Waals surface area contributed by atoms with Crippen LogP contribution in [0.2, 0.25) is 0 Å². The van der Waals surface area contributed by atoms with Crippen molar-refractivity contribution in [1.82, 2.24) is 9.97 Å². The van der Waals surface area contributed by atoms with Gasteiger partial charge in [-0.3, -0.25) is 9.98 Å². The zero-order valence-electron chi connectivity index (χ0n) is 14.9. The van der Waals surface area contributed by atoms with Crippen molar-refractivity contribution < 1.29 is 0 Å². The molecule has 3 heteroatoms. The van der Waals surface area contributed by atoms with Crippen LogP contribution in [-0.2, 0) is 0 Å². The molecule has 4 saturated carbocycles. The summed E-state index contributed by atoms with van der Waals surface area (Å²) in [7, 11) is 0.